The molecule has 14 heavy (non-hydrogen) atoms. The Morgan fingerprint density at radius 3 is 2.36 bits per heavy atom. The zero-order valence-corrected chi connectivity index (χ0v) is 8.54. The largest absolute Gasteiger partial charge is 0.329 e. The molecule has 1 heterocycles. The molecule has 1 amide bonds. The van der Waals surface area contributed by atoms with Crippen molar-refractivity contribution in [2.45, 2.75) is 25.7 Å². The number of rotatable bonds is 4. The predicted molar refractivity (Wildman–Crippen MR) is 53.5 cm³/mol. The molecule has 3 fully saturated rings. The molecule has 3 aliphatic rings. The fraction of sp³-hybridized carbons (Fsp3) is 0.909. The first-order valence-corrected chi connectivity index (χ1v) is 5.83. The third kappa shape index (κ3) is 1.65. The zero-order chi connectivity index (χ0) is 9.54. The van der Waals surface area contributed by atoms with Crippen molar-refractivity contribution in [3.8, 4) is 0 Å². The standard InChI is InChI=1S/C11H18N2O/c14-11-5-12-7-13(11)6-10(8-1-2-8)9-3-4-9/h8-10,12H,1-7H2. The molecule has 2 saturated carbocycles. The molecule has 0 unspecified atom stereocenters. The summed E-state index contributed by atoms with van der Waals surface area (Å²) >= 11 is 0. The van der Waals surface area contributed by atoms with Gasteiger partial charge in [-0.1, -0.05) is 0 Å². The molecule has 0 aromatic rings. The van der Waals surface area contributed by atoms with Crippen LogP contribution in [-0.4, -0.2) is 30.6 Å². The van der Waals surface area contributed by atoms with Gasteiger partial charge in [-0.3, -0.25) is 10.1 Å². The molecule has 3 heteroatoms. The molecule has 0 bridgehead atoms. The van der Waals surface area contributed by atoms with Gasteiger partial charge in [-0.2, -0.15) is 0 Å². The monoisotopic (exact) mass is 194 g/mol. The lowest BCUT2D eigenvalue weighted by Gasteiger charge is -2.22. The molecule has 1 aliphatic heterocycles. The van der Waals surface area contributed by atoms with Crippen LogP contribution in [0.3, 0.4) is 0 Å². The smallest absolute Gasteiger partial charge is 0.237 e. The summed E-state index contributed by atoms with van der Waals surface area (Å²) in [5, 5.41) is 3.12. The fourth-order valence-corrected chi connectivity index (χ4v) is 2.65. The second-order valence-corrected chi connectivity index (χ2v) is 5.04. The van der Waals surface area contributed by atoms with Crippen LogP contribution in [0.1, 0.15) is 25.7 Å². The van der Waals surface area contributed by atoms with Crippen LogP contribution in [0.25, 0.3) is 0 Å². The van der Waals surface area contributed by atoms with E-state index in [9.17, 15) is 4.79 Å². The summed E-state index contributed by atoms with van der Waals surface area (Å²) < 4.78 is 0. The number of carbonyl (C=O) groups is 1. The van der Waals surface area contributed by atoms with Gasteiger partial charge >= 0.3 is 0 Å². The van der Waals surface area contributed by atoms with Gasteiger partial charge in [0, 0.05) is 6.54 Å². The normalized spacial score (nSPS) is 27.8. The number of hydrogen-bond donors (Lipinski definition) is 1. The van der Waals surface area contributed by atoms with Crippen LogP contribution in [-0.2, 0) is 4.79 Å². The van der Waals surface area contributed by atoms with E-state index in [4.69, 9.17) is 0 Å². The van der Waals surface area contributed by atoms with Crippen LogP contribution in [0, 0.1) is 17.8 Å². The lowest BCUT2D eigenvalue weighted by atomic mass is 9.97. The van der Waals surface area contributed by atoms with Crippen LogP contribution in [0.15, 0.2) is 0 Å². The van der Waals surface area contributed by atoms with Crippen molar-refractivity contribution in [2.75, 3.05) is 19.8 Å². The minimum absolute atomic E-state index is 0.302. The summed E-state index contributed by atoms with van der Waals surface area (Å²) in [6.07, 6.45) is 5.65. The van der Waals surface area contributed by atoms with Gasteiger partial charge in [-0.25, -0.2) is 0 Å². The molecule has 3 rings (SSSR count). The second kappa shape index (κ2) is 3.23. The van der Waals surface area contributed by atoms with Crippen LogP contribution in [0.5, 0.6) is 0 Å². The molecule has 2 aliphatic carbocycles. The van der Waals surface area contributed by atoms with Crippen molar-refractivity contribution in [2.24, 2.45) is 17.8 Å². The van der Waals surface area contributed by atoms with Gasteiger partial charge in [0.1, 0.15) is 0 Å². The highest BCUT2D eigenvalue weighted by Gasteiger charge is 2.42. The van der Waals surface area contributed by atoms with E-state index in [1.165, 1.54) is 25.7 Å². The first-order chi connectivity index (χ1) is 6.84. The van der Waals surface area contributed by atoms with Gasteiger partial charge in [0.15, 0.2) is 0 Å². The first kappa shape index (κ1) is 8.72. The number of carbonyl (C=O) groups excluding carboxylic acids is 1. The Labute approximate surface area is 84.8 Å². The molecular weight excluding hydrogens is 176 g/mol. The van der Waals surface area contributed by atoms with Crippen LogP contribution in [0.4, 0.5) is 0 Å². The van der Waals surface area contributed by atoms with Crippen molar-refractivity contribution >= 4 is 5.91 Å². The van der Waals surface area contributed by atoms with E-state index in [1.807, 2.05) is 4.90 Å². The maximum Gasteiger partial charge on any atom is 0.237 e. The van der Waals surface area contributed by atoms with E-state index < -0.39 is 0 Å². The third-order valence-electron chi connectivity index (χ3n) is 3.82. The van der Waals surface area contributed by atoms with Gasteiger partial charge in [0.25, 0.3) is 0 Å². The fourth-order valence-electron chi connectivity index (χ4n) is 2.65. The summed E-state index contributed by atoms with van der Waals surface area (Å²) in [4.78, 5) is 13.5. The van der Waals surface area contributed by atoms with Crippen LogP contribution in [0.2, 0.25) is 0 Å². The predicted octanol–water partition coefficient (Wildman–Crippen LogP) is 0.812. The summed E-state index contributed by atoms with van der Waals surface area (Å²) in [6, 6.07) is 0. The third-order valence-corrected chi connectivity index (χ3v) is 3.82. The van der Waals surface area contributed by atoms with E-state index in [2.05, 4.69) is 5.32 Å². The molecule has 0 aromatic heterocycles. The molecule has 1 N–H and O–H groups in total. The highest BCUT2D eigenvalue weighted by Crippen LogP contribution is 2.49. The molecule has 0 atom stereocenters. The van der Waals surface area contributed by atoms with E-state index in [1.54, 1.807) is 0 Å². The lowest BCUT2D eigenvalue weighted by molar-refractivity contribution is -0.127. The molecule has 0 radical (unpaired) electrons. The number of nitrogens with one attached hydrogen (secondary N) is 1. The van der Waals surface area contributed by atoms with Gasteiger partial charge in [-0.05, 0) is 43.4 Å². The van der Waals surface area contributed by atoms with Crippen molar-refractivity contribution in [3.63, 3.8) is 0 Å². The Kier molecular flexibility index (Phi) is 2.01. The average Bonchev–Trinajstić information content (AvgIpc) is 3.05. The van der Waals surface area contributed by atoms with E-state index in [0.29, 0.717) is 12.5 Å². The minimum Gasteiger partial charge on any atom is -0.329 e. The Bertz CT molecular complexity index is 234. The molecule has 3 nitrogen and oxygen atoms in total. The van der Waals surface area contributed by atoms with E-state index >= 15 is 0 Å². The second-order valence-electron chi connectivity index (χ2n) is 5.04. The molecule has 1 saturated heterocycles. The molecule has 0 spiro atoms. The topological polar surface area (TPSA) is 32.3 Å². The van der Waals surface area contributed by atoms with Crippen LogP contribution < -0.4 is 5.32 Å². The minimum atomic E-state index is 0.302. The van der Waals surface area contributed by atoms with Gasteiger partial charge in [-0.15, -0.1) is 0 Å². The number of amides is 1. The van der Waals surface area contributed by atoms with Crippen LogP contribution >= 0.6 is 0 Å². The van der Waals surface area contributed by atoms with Crippen molar-refractivity contribution < 1.29 is 4.79 Å². The summed E-state index contributed by atoms with van der Waals surface area (Å²) in [6.45, 7) is 2.37. The quantitative estimate of drug-likeness (QED) is 0.718. The van der Waals surface area contributed by atoms with E-state index in [-0.39, 0.29) is 0 Å². The Hall–Kier alpha value is -0.570. The summed E-state index contributed by atoms with van der Waals surface area (Å²) in [7, 11) is 0. The maximum atomic E-state index is 11.5. The first-order valence-electron chi connectivity index (χ1n) is 5.83. The summed E-state index contributed by atoms with van der Waals surface area (Å²) in [5.74, 6) is 3.04. The van der Waals surface area contributed by atoms with Gasteiger partial charge in [0.05, 0.1) is 13.2 Å². The van der Waals surface area contributed by atoms with Crippen molar-refractivity contribution in [1.29, 1.82) is 0 Å². The molecule has 78 valence electrons. The van der Waals surface area contributed by atoms with E-state index in [0.717, 1.165) is 31.0 Å². The highest BCUT2D eigenvalue weighted by atomic mass is 16.2. The Morgan fingerprint density at radius 2 is 1.93 bits per heavy atom. The highest BCUT2D eigenvalue weighted by molar-refractivity contribution is 5.80. The van der Waals surface area contributed by atoms with Gasteiger partial charge in [0.2, 0.25) is 5.91 Å². The number of nitrogens with zero attached hydrogens (tertiary/aromatic N) is 1. The Balaban J connectivity index is 1.60. The van der Waals surface area contributed by atoms with Gasteiger partial charge < -0.3 is 4.90 Å². The number of hydrogen-bond acceptors (Lipinski definition) is 2. The maximum absolute atomic E-state index is 11.5. The lowest BCUT2D eigenvalue weighted by Crippen LogP contribution is -2.33. The Morgan fingerprint density at radius 1 is 1.29 bits per heavy atom. The van der Waals surface area contributed by atoms with Crippen molar-refractivity contribution in [3.05, 3.63) is 0 Å². The zero-order valence-electron chi connectivity index (χ0n) is 8.54. The van der Waals surface area contributed by atoms with Crippen molar-refractivity contribution in [1.82, 2.24) is 10.2 Å². The molecular formula is C11H18N2O. The summed E-state index contributed by atoms with van der Waals surface area (Å²) in [5.41, 5.74) is 0. The SMILES string of the molecule is O=C1CNCN1CC(C1CC1)C1CC1. The molecule has 0 aromatic carbocycles. The average molecular weight is 194 g/mol.